The zero-order valence-corrected chi connectivity index (χ0v) is 11.7. The Morgan fingerprint density at radius 2 is 2.29 bits per heavy atom. The molecule has 0 aliphatic carbocycles. The van der Waals surface area contributed by atoms with E-state index in [1.165, 1.54) is 36.1 Å². The monoisotopic (exact) mass is 273 g/mol. The third kappa shape index (κ3) is 3.81. The third-order valence-electron chi connectivity index (χ3n) is 2.42. The molecule has 0 aliphatic heterocycles. The van der Waals surface area contributed by atoms with Gasteiger partial charge >= 0.3 is 0 Å². The van der Waals surface area contributed by atoms with Gasteiger partial charge in [-0.1, -0.05) is 20.3 Å². The predicted molar refractivity (Wildman–Crippen MR) is 71.2 cm³/mol. The minimum absolute atomic E-state index is 0.0634. The molecule has 0 radical (unpaired) electrons. The van der Waals surface area contributed by atoms with Crippen LogP contribution in [-0.4, -0.2) is 16.5 Å². The first-order chi connectivity index (χ1) is 7.95. The number of hydrogen-bond acceptors (Lipinski definition) is 5. The van der Waals surface area contributed by atoms with Crippen molar-refractivity contribution in [3.8, 4) is 0 Å². The fourth-order valence-electron chi connectivity index (χ4n) is 1.10. The number of nitro groups is 1. The van der Waals surface area contributed by atoms with E-state index in [1.807, 2.05) is 0 Å². The fraction of sp³-hybridized carbons (Fsp3) is 0.545. The van der Waals surface area contributed by atoms with Crippen LogP contribution in [0.2, 0.25) is 0 Å². The van der Waals surface area contributed by atoms with Crippen LogP contribution in [0.15, 0.2) is 10.3 Å². The number of nitrogens with zero attached hydrogens (tertiary/aromatic N) is 1. The van der Waals surface area contributed by atoms with Gasteiger partial charge in [0.15, 0.2) is 5.78 Å². The molecule has 94 valence electrons. The van der Waals surface area contributed by atoms with Crippen molar-refractivity contribution < 1.29 is 9.72 Å². The van der Waals surface area contributed by atoms with E-state index in [-0.39, 0.29) is 11.5 Å². The Balaban J connectivity index is 2.89. The maximum Gasteiger partial charge on any atom is 0.294 e. The average molecular weight is 273 g/mol. The fourth-order valence-corrected chi connectivity index (χ4v) is 3.52. The van der Waals surface area contributed by atoms with Crippen molar-refractivity contribution in [2.24, 2.45) is 5.92 Å². The molecule has 0 N–H and O–H groups in total. The summed E-state index contributed by atoms with van der Waals surface area (Å²) in [4.78, 5) is 22.1. The molecule has 0 amide bonds. The van der Waals surface area contributed by atoms with Crippen molar-refractivity contribution in [3.05, 3.63) is 21.1 Å². The summed E-state index contributed by atoms with van der Waals surface area (Å²) >= 11 is 2.69. The lowest BCUT2D eigenvalue weighted by Gasteiger charge is -2.05. The van der Waals surface area contributed by atoms with Crippen molar-refractivity contribution in [2.45, 2.75) is 31.4 Å². The molecule has 0 aliphatic rings. The van der Waals surface area contributed by atoms with E-state index in [0.717, 1.165) is 12.2 Å². The van der Waals surface area contributed by atoms with Gasteiger partial charge in [-0.25, -0.2) is 0 Å². The first kappa shape index (κ1) is 14.2. The molecule has 0 bridgehead atoms. The van der Waals surface area contributed by atoms with Gasteiger partial charge in [-0.3, -0.25) is 14.9 Å². The number of thioether (sulfide) groups is 1. The summed E-state index contributed by atoms with van der Waals surface area (Å²) in [6.45, 7) is 5.63. The topological polar surface area (TPSA) is 60.2 Å². The lowest BCUT2D eigenvalue weighted by molar-refractivity contribution is -0.387. The summed E-state index contributed by atoms with van der Waals surface area (Å²) in [5, 5.41) is 10.9. The lowest BCUT2D eigenvalue weighted by atomic mass is 10.2. The summed E-state index contributed by atoms with van der Waals surface area (Å²) < 4.78 is 0.639. The van der Waals surface area contributed by atoms with Gasteiger partial charge < -0.3 is 0 Å². The zero-order valence-electron chi connectivity index (χ0n) is 10.1. The van der Waals surface area contributed by atoms with Crippen LogP contribution < -0.4 is 0 Å². The van der Waals surface area contributed by atoms with Crippen LogP contribution in [0.1, 0.15) is 36.9 Å². The second-order valence-electron chi connectivity index (χ2n) is 3.92. The van der Waals surface area contributed by atoms with Gasteiger partial charge in [0.1, 0.15) is 4.21 Å². The van der Waals surface area contributed by atoms with Crippen LogP contribution in [0, 0.1) is 16.0 Å². The molecule has 1 heterocycles. The summed E-state index contributed by atoms with van der Waals surface area (Å²) in [6, 6.07) is 1.38. The van der Waals surface area contributed by atoms with Crippen molar-refractivity contribution in [1.29, 1.82) is 0 Å². The van der Waals surface area contributed by atoms with Crippen LogP contribution in [0.25, 0.3) is 0 Å². The van der Waals surface area contributed by atoms with Crippen molar-refractivity contribution in [3.63, 3.8) is 0 Å². The summed E-state index contributed by atoms with van der Waals surface area (Å²) in [6.07, 6.45) is 1.05. The highest BCUT2D eigenvalue weighted by Crippen LogP contribution is 2.38. The molecule has 1 rings (SSSR count). The molecule has 1 aromatic rings. The Labute approximate surface area is 109 Å². The Hall–Kier alpha value is -0.880. The summed E-state index contributed by atoms with van der Waals surface area (Å²) in [5.74, 6) is 1.24. The molecule has 0 aromatic carbocycles. The third-order valence-corrected chi connectivity index (χ3v) is 5.25. The number of thiophene rings is 1. The first-order valence-corrected chi connectivity index (χ1v) is 7.17. The van der Waals surface area contributed by atoms with E-state index >= 15 is 0 Å². The minimum atomic E-state index is -0.415. The zero-order chi connectivity index (χ0) is 13.0. The number of hydrogen-bond donors (Lipinski definition) is 0. The van der Waals surface area contributed by atoms with Crippen LogP contribution in [0.5, 0.6) is 0 Å². The molecular formula is C11H15NO3S2. The van der Waals surface area contributed by atoms with Gasteiger partial charge in [-0.15, -0.1) is 23.1 Å². The van der Waals surface area contributed by atoms with Gasteiger partial charge in [0.25, 0.3) is 5.69 Å². The minimum Gasteiger partial charge on any atom is -0.294 e. The average Bonchev–Trinajstić information content (AvgIpc) is 2.70. The highest BCUT2D eigenvalue weighted by Gasteiger charge is 2.21. The largest absolute Gasteiger partial charge is 0.294 e. The number of rotatable bonds is 6. The maximum atomic E-state index is 11.2. The lowest BCUT2D eigenvalue weighted by Crippen LogP contribution is -1.95. The second-order valence-corrected chi connectivity index (χ2v) is 6.26. The van der Waals surface area contributed by atoms with Crippen LogP contribution in [0.3, 0.4) is 0 Å². The molecule has 1 atom stereocenters. The molecule has 1 unspecified atom stereocenters. The highest BCUT2D eigenvalue weighted by atomic mass is 32.2. The van der Waals surface area contributed by atoms with Gasteiger partial charge in [0, 0.05) is 11.8 Å². The highest BCUT2D eigenvalue weighted by molar-refractivity contribution is 8.01. The molecule has 6 heteroatoms. The predicted octanol–water partition coefficient (Wildman–Crippen LogP) is 4.00. The molecule has 1 aromatic heterocycles. The van der Waals surface area contributed by atoms with Gasteiger partial charge in [0.05, 0.1) is 9.80 Å². The Bertz CT molecular complexity index is 428. The van der Waals surface area contributed by atoms with E-state index in [1.54, 1.807) is 0 Å². The summed E-state index contributed by atoms with van der Waals surface area (Å²) in [7, 11) is 0. The molecular weight excluding hydrogens is 258 g/mol. The van der Waals surface area contributed by atoms with E-state index in [0.29, 0.717) is 15.0 Å². The number of Topliss-reactive ketones (excluding diaryl/α,β-unsaturated/α-hetero) is 1. The summed E-state index contributed by atoms with van der Waals surface area (Å²) in [5.41, 5.74) is 0.0634. The van der Waals surface area contributed by atoms with Gasteiger partial charge in [-0.2, -0.15) is 0 Å². The number of ketones is 1. The molecule has 0 saturated heterocycles. The number of carbonyl (C=O) groups excluding carboxylic acids is 1. The van der Waals surface area contributed by atoms with E-state index in [9.17, 15) is 14.9 Å². The van der Waals surface area contributed by atoms with Crippen molar-refractivity contribution in [2.75, 3.05) is 5.75 Å². The van der Waals surface area contributed by atoms with Gasteiger partial charge in [-0.05, 0) is 12.8 Å². The standard InChI is InChI=1S/C11H15NO3S2/c1-4-7(2)6-16-11-9(12(14)15)5-10(17-11)8(3)13/h5,7H,4,6H2,1-3H3. The van der Waals surface area contributed by atoms with E-state index in [4.69, 9.17) is 0 Å². The molecule has 0 fully saturated rings. The smallest absolute Gasteiger partial charge is 0.294 e. The maximum absolute atomic E-state index is 11.2. The van der Waals surface area contributed by atoms with Gasteiger partial charge in [0.2, 0.25) is 0 Å². The Morgan fingerprint density at radius 3 is 2.76 bits per heavy atom. The van der Waals surface area contributed by atoms with Crippen LogP contribution in [0.4, 0.5) is 5.69 Å². The Morgan fingerprint density at radius 1 is 1.65 bits per heavy atom. The molecule has 0 saturated carbocycles. The van der Waals surface area contributed by atoms with Crippen LogP contribution in [-0.2, 0) is 0 Å². The molecule has 4 nitrogen and oxygen atoms in total. The van der Waals surface area contributed by atoms with Crippen molar-refractivity contribution >= 4 is 34.6 Å². The molecule has 17 heavy (non-hydrogen) atoms. The van der Waals surface area contributed by atoms with E-state index < -0.39 is 4.92 Å². The Kier molecular flexibility index (Phi) is 5.14. The second kappa shape index (κ2) is 6.16. The van der Waals surface area contributed by atoms with Crippen molar-refractivity contribution in [1.82, 2.24) is 0 Å². The van der Waals surface area contributed by atoms with E-state index in [2.05, 4.69) is 13.8 Å². The first-order valence-electron chi connectivity index (χ1n) is 5.37. The van der Waals surface area contributed by atoms with Crippen LogP contribution >= 0.6 is 23.1 Å². The molecule has 0 spiro atoms. The SMILES string of the molecule is CCC(C)CSc1sc(C(C)=O)cc1[N+](=O)[O-]. The number of carbonyl (C=O) groups is 1. The normalized spacial score (nSPS) is 12.4. The quantitative estimate of drug-likeness (QED) is 0.340.